The SMILES string of the molecule is CC(C)(C)c1ncc2ccc(O)cn12. The van der Waals surface area contributed by atoms with E-state index in [1.165, 1.54) is 0 Å². The van der Waals surface area contributed by atoms with Gasteiger partial charge in [-0.05, 0) is 12.1 Å². The van der Waals surface area contributed by atoms with Crippen molar-refractivity contribution in [2.24, 2.45) is 0 Å². The van der Waals surface area contributed by atoms with Crippen molar-refractivity contribution in [3.63, 3.8) is 0 Å². The number of hydrogen-bond acceptors (Lipinski definition) is 2. The maximum absolute atomic E-state index is 9.39. The van der Waals surface area contributed by atoms with Crippen LogP contribution in [0.15, 0.2) is 24.5 Å². The first-order valence-electron chi connectivity index (χ1n) is 4.65. The van der Waals surface area contributed by atoms with Gasteiger partial charge in [-0.25, -0.2) is 4.98 Å². The van der Waals surface area contributed by atoms with E-state index >= 15 is 0 Å². The van der Waals surface area contributed by atoms with Crippen LogP contribution < -0.4 is 0 Å². The fourth-order valence-corrected chi connectivity index (χ4v) is 1.53. The average Bonchev–Trinajstić information content (AvgIpc) is 2.45. The van der Waals surface area contributed by atoms with Gasteiger partial charge in [0.1, 0.15) is 11.6 Å². The standard InChI is InChI=1S/C11H14N2O/c1-11(2,3)10-12-6-8-4-5-9(14)7-13(8)10/h4-7,14H,1-3H3. The molecule has 0 radical (unpaired) electrons. The lowest BCUT2D eigenvalue weighted by atomic mass is 9.96. The Labute approximate surface area is 83.0 Å². The molecule has 0 aliphatic heterocycles. The van der Waals surface area contributed by atoms with Crippen LogP contribution in [0.1, 0.15) is 26.6 Å². The quantitative estimate of drug-likeness (QED) is 0.692. The summed E-state index contributed by atoms with van der Waals surface area (Å²) in [6.45, 7) is 6.31. The van der Waals surface area contributed by atoms with Gasteiger partial charge in [0.15, 0.2) is 0 Å². The number of fused-ring (bicyclic) bond motifs is 1. The monoisotopic (exact) mass is 190 g/mol. The van der Waals surface area contributed by atoms with Crippen molar-refractivity contribution in [2.45, 2.75) is 26.2 Å². The van der Waals surface area contributed by atoms with Gasteiger partial charge in [-0.2, -0.15) is 0 Å². The van der Waals surface area contributed by atoms with E-state index < -0.39 is 0 Å². The summed E-state index contributed by atoms with van der Waals surface area (Å²) in [5.74, 6) is 1.23. The second kappa shape index (κ2) is 2.74. The highest BCUT2D eigenvalue weighted by Gasteiger charge is 2.19. The molecule has 0 atom stereocenters. The van der Waals surface area contributed by atoms with Crippen molar-refractivity contribution in [3.8, 4) is 5.75 Å². The third kappa shape index (κ3) is 1.35. The second-order valence-corrected chi connectivity index (χ2v) is 4.51. The fraction of sp³-hybridized carbons (Fsp3) is 0.364. The third-order valence-electron chi connectivity index (χ3n) is 2.18. The summed E-state index contributed by atoms with van der Waals surface area (Å²) in [6, 6.07) is 3.53. The molecule has 0 spiro atoms. The Balaban J connectivity index is 2.73. The lowest BCUT2D eigenvalue weighted by molar-refractivity contribution is 0.469. The van der Waals surface area contributed by atoms with Gasteiger partial charge >= 0.3 is 0 Å². The molecule has 0 amide bonds. The van der Waals surface area contributed by atoms with E-state index in [-0.39, 0.29) is 11.2 Å². The molecule has 1 N–H and O–H groups in total. The van der Waals surface area contributed by atoms with Crippen LogP contribution in [0.3, 0.4) is 0 Å². The second-order valence-electron chi connectivity index (χ2n) is 4.51. The van der Waals surface area contributed by atoms with Crippen molar-refractivity contribution < 1.29 is 5.11 Å². The van der Waals surface area contributed by atoms with E-state index in [1.807, 2.05) is 16.7 Å². The maximum atomic E-state index is 9.39. The Morgan fingerprint density at radius 1 is 1.29 bits per heavy atom. The van der Waals surface area contributed by atoms with Crippen LogP contribution in [0.4, 0.5) is 0 Å². The molecule has 0 unspecified atom stereocenters. The molecule has 0 saturated carbocycles. The Bertz CT molecular complexity index is 466. The van der Waals surface area contributed by atoms with Crippen LogP contribution in [0.25, 0.3) is 5.52 Å². The highest BCUT2D eigenvalue weighted by Crippen LogP contribution is 2.23. The molecule has 3 heteroatoms. The minimum atomic E-state index is -0.0137. The van der Waals surface area contributed by atoms with Gasteiger partial charge in [0.2, 0.25) is 0 Å². The smallest absolute Gasteiger partial charge is 0.132 e. The van der Waals surface area contributed by atoms with Crippen LogP contribution in [0.5, 0.6) is 5.75 Å². The molecule has 2 aromatic rings. The molecular weight excluding hydrogens is 176 g/mol. The van der Waals surface area contributed by atoms with Gasteiger partial charge in [-0.15, -0.1) is 0 Å². The fourth-order valence-electron chi connectivity index (χ4n) is 1.53. The topological polar surface area (TPSA) is 37.5 Å². The molecule has 2 aromatic heterocycles. The van der Waals surface area contributed by atoms with Crippen LogP contribution in [0, 0.1) is 0 Å². The summed E-state index contributed by atoms with van der Waals surface area (Å²) in [4.78, 5) is 4.36. The summed E-state index contributed by atoms with van der Waals surface area (Å²) in [7, 11) is 0. The molecule has 0 fully saturated rings. The van der Waals surface area contributed by atoms with E-state index in [0.29, 0.717) is 0 Å². The van der Waals surface area contributed by atoms with E-state index in [0.717, 1.165) is 11.3 Å². The zero-order chi connectivity index (χ0) is 10.3. The van der Waals surface area contributed by atoms with Crippen LogP contribution in [-0.2, 0) is 5.41 Å². The first kappa shape index (κ1) is 9.06. The molecule has 74 valence electrons. The number of pyridine rings is 1. The molecule has 14 heavy (non-hydrogen) atoms. The van der Waals surface area contributed by atoms with Crippen molar-refractivity contribution in [2.75, 3.05) is 0 Å². The molecule has 0 aliphatic rings. The van der Waals surface area contributed by atoms with Crippen molar-refractivity contribution >= 4 is 5.52 Å². The first-order chi connectivity index (χ1) is 6.48. The van der Waals surface area contributed by atoms with Gasteiger partial charge in [0, 0.05) is 5.41 Å². The van der Waals surface area contributed by atoms with E-state index in [9.17, 15) is 5.11 Å². The lowest BCUT2D eigenvalue weighted by Gasteiger charge is -2.16. The number of nitrogens with zero attached hydrogens (tertiary/aromatic N) is 2. The van der Waals surface area contributed by atoms with Crippen LogP contribution in [-0.4, -0.2) is 14.5 Å². The van der Waals surface area contributed by atoms with E-state index in [4.69, 9.17) is 0 Å². The van der Waals surface area contributed by atoms with Crippen molar-refractivity contribution in [3.05, 3.63) is 30.4 Å². The predicted molar refractivity (Wildman–Crippen MR) is 55.6 cm³/mol. The largest absolute Gasteiger partial charge is 0.506 e. The summed E-state index contributed by atoms with van der Waals surface area (Å²) < 4.78 is 1.93. The van der Waals surface area contributed by atoms with Crippen molar-refractivity contribution in [1.82, 2.24) is 9.38 Å². The molecule has 0 saturated heterocycles. The van der Waals surface area contributed by atoms with Crippen LogP contribution in [0.2, 0.25) is 0 Å². The lowest BCUT2D eigenvalue weighted by Crippen LogP contribution is -2.15. The minimum absolute atomic E-state index is 0.0137. The Hall–Kier alpha value is -1.51. The Kier molecular flexibility index (Phi) is 1.77. The molecule has 0 aliphatic carbocycles. The highest BCUT2D eigenvalue weighted by molar-refractivity contribution is 5.48. The van der Waals surface area contributed by atoms with Crippen LogP contribution >= 0.6 is 0 Å². The summed E-state index contributed by atoms with van der Waals surface area (Å²) >= 11 is 0. The van der Waals surface area contributed by atoms with Gasteiger partial charge in [0.05, 0.1) is 17.9 Å². The van der Waals surface area contributed by atoms with Crippen molar-refractivity contribution in [1.29, 1.82) is 0 Å². The molecule has 2 heterocycles. The van der Waals surface area contributed by atoms with Gasteiger partial charge in [-0.3, -0.25) is 4.40 Å². The number of aromatic nitrogens is 2. The minimum Gasteiger partial charge on any atom is -0.506 e. The summed E-state index contributed by atoms with van der Waals surface area (Å²) in [5, 5.41) is 9.39. The summed E-state index contributed by atoms with van der Waals surface area (Å²) in [6.07, 6.45) is 3.52. The number of rotatable bonds is 0. The molecule has 0 bridgehead atoms. The highest BCUT2D eigenvalue weighted by atomic mass is 16.3. The predicted octanol–water partition coefficient (Wildman–Crippen LogP) is 2.34. The molecule has 3 nitrogen and oxygen atoms in total. The number of hydrogen-bond donors (Lipinski definition) is 1. The molecule has 0 aromatic carbocycles. The van der Waals surface area contributed by atoms with E-state index in [1.54, 1.807) is 12.3 Å². The van der Waals surface area contributed by atoms with E-state index in [2.05, 4.69) is 25.8 Å². The normalized spacial score (nSPS) is 12.2. The summed E-state index contributed by atoms with van der Waals surface area (Å²) in [5.41, 5.74) is 0.993. The number of aromatic hydroxyl groups is 1. The average molecular weight is 190 g/mol. The molecular formula is C11H14N2O. The third-order valence-corrected chi connectivity index (χ3v) is 2.18. The maximum Gasteiger partial charge on any atom is 0.132 e. The van der Waals surface area contributed by atoms with Gasteiger partial charge in [-0.1, -0.05) is 20.8 Å². The Morgan fingerprint density at radius 2 is 2.00 bits per heavy atom. The Morgan fingerprint density at radius 3 is 2.64 bits per heavy atom. The zero-order valence-corrected chi connectivity index (χ0v) is 8.65. The first-order valence-corrected chi connectivity index (χ1v) is 4.65. The number of imidazole rings is 1. The zero-order valence-electron chi connectivity index (χ0n) is 8.65. The van der Waals surface area contributed by atoms with Gasteiger partial charge in [0.25, 0.3) is 0 Å². The van der Waals surface area contributed by atoms with Gasteiger partial charge < -0.3 is 5.11 Å². The molecule has 2 rings (SSSR count).